The second kappa shape index (κ2) is 7.60. The smallest absolute Gasteiger partial charge is 0.307 e. The van der Waals surface area contributed by atoms with Gasteiger partial charge >= 0.3 is 5.97 Å². The molecule has 0 fully saturated rings. The molecular formula is C19H19ClN2O3S. The Balaban J connectivity index is 1.75. The average Bonchev–Trinajstić information content (AvgIpc) is 3.05. The normalized spacial score (nSPS) is 20.1. The summed E-state index contributed by atoms with van der Waals surface area (Å²) in [5, 5.41) is 15.2. The molecule has 1 aliphatic carbocycles. The Morgan fingerprint density at radius 2 is 1.77 bits per heavy atom. The minimum absolute atomic E-state index is 0.291. The summed E-state index contributed by atoms with van der Waals surface area (Å²) in [4.78, 5) is 28.7. The third-order valence-corrected chi connectivity index (χ3v) is 5.80. The third kappa shape index (κ3) is 3.97. The van der Waals surface area contributed by atoms with Gasteiger partial charge in [0.25, 0.3) is 0 Å². The molecule has 0 spiro atoms. The van der Waals surface area contributed by atoms with Crippen LogP contribution in [0.15, 0.2) is 40.8 Å². The molecule has 0 radical (unpaired) electrons. The Labute approximate surface area is 160 Å². The number of anilines is 1. The van der Waals surface area contributed by atoms with Crippen LogP contribution in [0.4, 0.5) is 5.13 Å². The molecule has 3 rings (SSSR count). The number of nitrogens with zero attached hydrogens (tertiary/aromatic N) is 1. The third-order valence-electron chi connectivity index (χ3n) is 4.79. The standard InChI is InChI=1S/C19H19ClN2O3S/c1-10-7-14(15(18(24)25)8-11(10)2)17(23)22-19-21-16(9-26-19)12-3-5-13(20)6-4-12/h3-6,9,14-15H,7-8H2,1-2H3,(H,24,25)(H,21,22,23)/t14-,15+/m0/s1. The lowest BCUT2D eigenvalue weighted by atomic mass is 9.76. The maximum Gasteiger partial charge on any atom is 0.307 e. The van der Waals surface area contributed by atoms with Crippen molar-refractivity contribution in [2.24, 2.45) is 11.8 Å². The number of carbonyl (C=O) groups excluding carboxylic acids is 1. The Bertz CT molecular complexity index is 873. The predicted octanol–water partition coefficient (Wildman–Crippen LogP) is 4.85. The zero-order chi connectivity index (χ0) is 18.8. The van der Waals surface area contributed by atoms with Crippen molar-refractivity contribution in [3.05, 3.63) is 45.8 Å². The van der Waals surface area contributed by atoms with Gasteiger partial charge in [-0.05, 0) is 38.8 Å². The lowest BCUT2D eigenvalue weighted by Crippen LogP contribution is -2.36. The van der Waals surface area contributed by atoms with Crippen LogP contribution in [-0.4, -0.2) is 22.0 Å². The van der Waals surface area contributed by atoms with Crippen molar-refractivity contribution >= 4 is 39.9 Å². The van der Waals surface area contributed by atoms with E-state index in [-0.39, 0.29) is 5.91 Å². The first kappa shape index (κ1) is 18.6. The SMILES string of the molecule is CC1=C(C)C[C@@H](C(=O)O)[C@@H](C(=O)Nc2nc(-c3ccc(Cl)cc3)cs2)C1. The van der Waals surface area contributed by atoms with Crippen LogP contribution in [0.3, 0.4) is 0 Å². The lowest BCUT2D eigenvalue weighted by molar-refractivity contribution is -0.146. The van der Waals surface area contributed by atoms with Crippen LogP contribution in [0.25, 0.3) is 11.3 Å². The summed E-state index contributed by atoms with van der Waals surface area (Å²) in [6.07, 6.45) is 0.872. The van der Waals surface area contributed by atoms with Crippen molar-refractivity contribution < 1.29 is 14.7 Å². The number of aliphatic carboxylic acids is 1. The van der Waals surface area contributed by atoms with Gasteiger partial charge in [-0.15, -0.1) is 11.3 Å². The van der Waals surface area contributed by atoms with Crippen molar-refractivity contribution in [2.45, 2.75) is 26.7 Å². The molecule has 5 nitrogen and oxygen atoms in total. The van der Waals surface area contributed by atoms with Gasteiger partial charge in [-0.25, -0.2) is 4.98 Å². The Hall–Kier alpha value is -2.18. The number of hydrogen-bond acceptors (Lipinski definition) is 4. The fraction of sp³-hybridized carbons (Fsp3) is 0.316. The number of nitrogens with one attached hydrogen (secondary N) is 1. The molecule has 0 saturated heterocycles. The van der Waals surface area contributed by atoms with Crippen LogP contribution in [0.5, 0.6) is 0 Å². The van der Waals surface area contributed by atoms with Crippen molar-refractivity contribution in [1.82, 2.24) is 4.98 Å². The van der Waals surface area contributed by atoms with Gasteiger partial charge in [-0.3, -0.25) is 9.59 Å². The van der Waals surface area contributed by atoms with Gasteiger partial charge < -0.3 is 10.4 Å². The predicted molar refractivity (Wildman–Crippen MR) is 103 cm³/mol. The molecular weight excluding hydrogens is 372 g/mol. The van der Waals surface area contributed by atoms with E-state index in [0.717, 1.165) is 22.4 Å². The lowest BCUT2D eigenvalue weighted by Gasteiger charge is -2.29. The fourth-order valence-electron chi connectivity index (χ4n) is 3.11. The van der Waals surface area contributed by atoms with Gasteiger partial charge in [0, 0.05) is 16.0 Å². The number of allylic oxidation sites excluding steroid dienone is 2. The molecule has 0 saturated carbocycles. The molecule has 26 heavy (non-hydrogen) atoms. The highest BCUT2D eigenvalue weighted by Gasteiger charge is 2.37. The Kier molecular flexibility index (Phi) is 5.44. The van der Waals surface area contributed by atoms with Gasteiger partial charge in [0.1, 0.15) is 0 Å². The van der Waals surface area contributed by atoms with Crippen LogP contribution in [-0.2, 0) is 9.59 Å². The molecule has 7 heteroatoms. The summed E-state index contributed by atoms with van der Waals surface area (Å²) in [6, 6.07) is 7.29. The second-order valence-corrected chi connectivity index (χ2v) is 7.85. The highest BCUT2D eigenvalue weighted by atomic mass is 35.5. The zero-order valence-corrected chi connectivity index (χ0v) is 16.0. The molecule has 2 aromatic rings. The minimum atomic E-state index is -0.932. The molecule has 1 aromatic heterocycles. The summed E-state index contributed by atoms with van der Waals surface area (Å²) >= 11 is 7.21. The molecule has 0 aliphatic heterocycles. The molecule has 1 aliphatic rings. The number of amides is 1. The number of carboxylic acid groups (broad SMARTS) is 1. The van der Waals surface area contributed by atoms with Gasteiger partial charge in [-0.2, -0.15) is 0 Å². The fourth-order valence-corrected chi connectivity index (χ4v) is 3.96. The molecule has 2 atom stereocenters. The van der Waals surface area contributed by atoms with E-state index in [0.29, 0.717) is 23.0 Å². The van der Waals surface area contributed by atoms with Gasteiger partial charge in [0.15, 0.2) is 5.13 Å². The zero-order valence-electron chi connectivity index (χ0n) is 14.5. The minimum Gasteiger partial charge on any atom is -0.481 e. The summed E-state index contributed by atoms with van der Waals surface area (Å²) < 4.78 is 0. The van der Waals surface area contributed by atoms with E-state index >= 15 is 0 Å². The van der Waals surface area contributed by atoms with Crippen molar-refractivity contribution in [3.8, 4) is 11.3 Å². The summed E-state index contributed by atoms with van der Waals surface area (Å²) in [5.41, 5.74) is 3.79. The molecule has 1 aromatic carbocycles. The van der Waals surface area contributed by atoms with E-state index in [2.05, 4.69) is 10.3 Å². The van der Waals surface area contributed by atoms with E-state index in [1.165, 1.54) is 11.3 Å². The van der Waals surface area contributed by atoms with E-state index in [4.69, 9.17) is 11.6 Å². The summed E-state index contributed by atoms with van der Waals surface area (Å²) in [5.74, 6) is -2.51. The molecule has 1 heterocycles. The van der Waals surface area contributed by atoms with Gasteiger partial charge in [0.05, 0.1) is 17.5 Å². The van der Waals surface area contributed by atoms with Crippen LogP contribution in [0.1, 0.15) is 26.7 Å². The number of benzene rings is 1. The number of carboxylic acids is 1. The Morgan fingerprint density at radius 3 is 2.38 bits per heavy atom. The summed E-state index contributed by atoms with van der Waals surface area (Å²) in [7, 11) is 0. The maximum atomic E-state index is 12.7. The first-order chi connectivity index (χ1) is 12.3. The second-order valence-electron chi connectivity index (χ2n) is 6.55. The van der Waals surface area contributed by atoms with E-state index < -0.39 is 17.8 Å². The van der Waals surface area contributed by atoms with Crippen LogP contribution in [0, 0.1) is 11.8 Å². The summed E-state index contributed by atoms with van der Waals surface area (Å²) in [6.45, 7) is 3.88. The van der Waals surface area contributed by atoms with Crippen LogP contribution < -0.4 is 5.32 Å². The average molecular weight is 391 g/mol. The van der Waals surface area contributed by atoms with E-state index in [9.17, 15) is 14.7 Å². The first-order valence-electron chi connectivity index (χ1n) is 8.25. The number of aromatic nitrogens is 1. The van der Waals surface area contributed by atoms with Crippen molar-refractivity contribution in [1.29, 1.82) is 0 Å². The number of rotatable bonds is 4. The number of carbonyl (C=O) groups is 2. The molecule has 0 bridgehead atoms. The van der Waals surface area contributed by atoms with Gasteiger partial charge in [-0.1, -0.05) is 34.9 Å². The molecule has 2 N–H and O–H groups in total. The van der Waals surface area contributed by atoms with Crippen molar-refractivity contribution in [3.63, 3.8) is 0 Å². The van der Waals surface area contributed by atoms with Crippen molar-refractivity contribution in [2.75, 3.05) is 5.32 Å². The largest absolute Gasteiger partial charge is 0.481 e. The number of hydrogen-bond donors (Lipinski definition) is 2. The highest BCUT2D eigenvalue weighted by molar-refractivity contribution is 7.14. The monoisotopic (exact) mass is 390 g/mol. The molecule has 0 unspecified atom stereocenters. The maximum absolute atomic E-state index is 12.7. The molecule has 136 valence electrons. The van der Waals surface area contributed by atoms with Crippen LogP contribution >= 0.6 is 22.9 Å². The van der Waals surface area contributed by atoms with E-state index in [1.807, 2.05) is 31.4 Å². The van der Waals surface area contributed by atoms with Crippen LogP contribution in [0.2, 0.25) is 5.02 Å². The number of thiazole rings is 1. The first-order valence-corrected chi connectivity index (χ1v) is 9.51. The van der Waals surface area contributed by atoms with Gasteiger partial charge in [0.2, 0.25) is 5.91 Å². The Morgan fingerprint density at radius 1 is 1.15 bits per heavy atom. The highest BCUT2D eigenvalue weighted by Crippen LogP contribution is 2.35. The molecule has 1 amide bonds. The van der Waals surface area contributed by atoms with E-state index in [1.54, 1.807) is 12.1 Å². The quantitative estimate of drug-likeness (QED) is 0.731. The topological polar surface area (TPSA) is 79.3 Å². The number of halogens is 1.